The van der Waals surface area contributed by atoms with Crippen LogP contribution in [0, 0.1) is 13.8 Å². The number of anilines is 2. The molecule has 0 aliphatic rings. The molecule has 174 valence electrons. The number of halogens is 2. The van der Waals surface area contributed by atoms with Crippen molar-refractivity contribution in [3.8, 4) is 0 Å². The molecular formula is C22H20F2N2O5S2. The Bertz CT molecular complexity index is 1290. The van der Waals surface area contributed by atoms with Crippen LogP contribution < -0.4 is 4.90 Å². The molecule has 0 fully saturated rings. The zero-order valence-electron chi connectivity index (χ0n) is 17.9. The fourth-order valence-corrected chi connectivity index (χ4v) is 4.54. The average Bonchev–Trinajstić information content (AvgIpc) is 3.23. The maximum Gasteiger partial charge on any atom is 0.341 e. The van der Waals surface area contributed by atoms with Crippen molar-refractivity contribution in [3.63, 3.8) is 0 Å². The summed E-state index contributed by atoms with van der Waals surface area (Å²) < 4.78 is 53.4. The summed E-state index contributed by atoms with van der Waals surface area (Å²) in [5, 5.41) is 2.07. The second kappa shape index (κ2) is 9.75. The number of rotatable bonds is 7. The lowest BCUT2D eigenvalue weighted by Crippen LogP contribution is -2.23. The SMILES string of the molecule is CC(=O)N(c1nc(COC(=O)c2ccc(S(=O)(=O)C(F)F)cc2)cs1)c1cccc(C)c1C. The third kappa shape index (κ3) is 5.25. The molecule has 0 saturated carbocycles. The first-order chi connectivity index (χ1) is 15.5. The van der Waals surface area contributed by atoms with Crippen LogP contribution in [0.25, 0.3) is 0 Å². The normalized spacial score (nSPS) is 11.5. The number of hydrogen-bond acceptors (Lipinski definition) is 7. The molecule has 0 aliphatic carbocycles. The molecule has 0 N–H and O–H groups in total. The highest BCUT2D eigenvalue weighted by Gasteiger charge is 2.26. The van der Waals surface area contributed by atoms with E-state index in [1.807, 2.05) is 32.0 Å². The van der Waals surface area contributed by atoms with Crippen molar-refractivity contribution in [1.82, 2.24) is 4.98 Å². The molecule has 0 radical (unpaired) electrons. The zero-order chi connectivity index (χ0) is 24.3. The Morgan fingerprint density at radius 1 is 1.12 bits per heavy atom. The number of esters is 1. The molecule has 0 aliphatic heterocycles. The quantitative estimate of drug-likeness (QED) is 0.438. The Hall–Kier alpha value is -3.18. The predicted molar refractivity (Wildman–Crippen MR) is 120 cm³/mol. The smallest absolute Gasteiger partial charge is 0.341 e. The highest BCUT2D eigenvalue weighted by molar-refractivity contribution is 7.91. The van der Waals surface area contributed by atoms with Gasteiger partial charge in [0.05, 0.1) is 21.8 Å². The van der Waals surface area contributed by atoms with Crippen LogP contribution in [0.1, 0.15) is 34.1 Å². The molecule has 11 heteroatoms. The molecule has 1 aromatic heterocycles. The van der Waals surface area contributed by atoms with Crippen LogP contribution in [-0.2, 0) is 26.0 Å². The topological polar surface area (TPSA) is 93.6 Å². The molecule has 0 unspecified atom stereocenters. The number of thiazole rings is 1. The molecular weight excluding hydrogens is 474 g/mol. The van der Waals surface area contributed by atoms with Crippen LogP contribution in [0.3, 0.4) is 0 Å². The number of nitrogens with zero attached hydrogens (tertiary/aromatic N) is 2. The summed E-state index contributed by atoms with van der Waals surface area (Å²) in [7, 11) is -4.74. The van der Waals surface area contributed by atoms with Gasteiger partial charge in [-0.05, 0) is 55.3 Å². The van der Waals surface area contributed by atoms with Gasteiger partial charge in [0, 0.05) is 12.3 Å². The van der Waals surface area contributed by atoms with Gasteiger partial charge in [-0.25, -0.2) is 18.2 Å². The molecule has 1 amide bonds. The first-order valence-corrected chi connectivity index (χ1v) is 12.1. The second-order valence-corrected chi connectivity index (χ2v) is 9.86. The summed E-state index contributed by atoms with van der Waals surface area (Å²) in [5.41, 5.74) is 3.08. The van der Waals surface area contributed by atoms with Crippen molar-refractivity contribution < 1.29 is 31.5 Å². The summed E-state index contributed by atoms with van der Waals surface area (Å²) >= 11 is 1.22. The summed E-state index contributed by atoms with van der Waals surface area (Å²) in [6.07, 6.45) is 0. The third-order valence-corrected chi connectivity index (χ3v) is 7.14. The van der Waals surface area contributed by atoms with E-state index in [0.29, 0.717) is 16.5 Å². The third-order valence-electron chi connectivity index (χ3n) is 4.87. The zero-order valence-corrected chi connectivity index (χ0v) is 19.5. The van der Waals surface area contributed by atoms with Crippen LogP contribution in [0.2, 0.25) is 0 Å². The Morgan fingerprint density at radius 3 is 2.39 bits per heavy atom. The van der Waals surface area contributed by atoms with Crippen LogP contribution in [-0.4, -0.2) is 31.0 Å². The summed E-state index contributed by atoms with van der Waals surface area (Å²) in [4.78, 5) is 29.9. The van der Waals surface area contributed by atoms with E-state index < -0.39 is 26.5 Å². The van der Waals surface area contributed by atoms with Crippen LogP contribution in [0.4, 0.5) is 19.6 Å². The maximum absolute atomic E-state index is 12.6. The van der Waals surface area contributed by atoms with E-state index >= 15 is 0 Å². The minimum atomic E-state index is -4.74. The highest BCUT2D eigenvalue weighted by Crippen LogP contribution is 2.32. The predicted octanol–water partition coefficient (Wildman–Crippen LogP) is 4.80. The van der Waals surface area contributed by atoms with Gasteiger partial charge in [-0.1, -0.05) is 12.1 Å². The number of alkyl halides is 2. The molecule has 0 bridgehead atoms. The number of benzene rings is 2. The second-order valence-electron chi connectivity index (χ2n) is 7.10. The molecule has 1 heterocycles. The molecule has 3 rings (SSSR count). The molecule has 0 atom stereocenters. The monoisotopic (exact) mass is 494 g/mol. The Morgan fingerprint density at radius 2 is 1.79 bits per heavy atom. The first-order valence-electron chi connectivity index (χ1n) is 9.63. The van der Waals surface area contributed by atoms with Crippen molar-refractivity contribution in [2.45, 2.75) is 38.0 Å². The van der Waals surface area contributed by atoms with E-state index in [1.54, 1.807) is 5.38 Å². The van der Waals surface area contributed by atoms with Crippen LogP contribution >= 0.6 is 11.3 Å². The van der Waals surface area contributed by atoms with Gasteiger partial charge in [-0.15, -0.1) is 11.3 Å². The average molecular weight is 495 g/mol. The molecule has 33 heavy (non-hydrogen) atoms. The van der Waals surface area contributed by atoms with Crippen LogP contribution in [0.15, 0.2) is 52.7 Å². The lowest BCUT2D eigenvalue weighted by molar-refractivity contribution is -0.115. The van der Waals surface area contributed by atoms with Gasteiger partial charge in [-0.3, -0.25) is 9.69 Å². The lowest BCUT2D eigenvalue weighted by Gasteiger charge is -2.21. The number of sulfone groups is 1. The minimum Gasteiger partial charge on any atom is -0.456 e. The molecule has 0 spiro atoms. The first kappa shape index (κ1) is 24.5. The highest BCUT2D eigenvalue weighted by atomic mass is 32.2. The van der Waals surface area contributed by atoms with E-state index in [9.17, 15) is 26.8 Å². The number of carbonyl (C=O) groups excluding carboxylic acids is 2. The van der Waals surface area contributed by atoms with Gasteiger partial charge >= 0.3 is 11.7 Å². The fourth-order valence-electron chi connectivity index (χ4n) is 2.96. The van der Waals surface area contributed by atoms with E-state index in [0.717, 1.165) is 35.4 Å². The van der Waals surface area contributed by atoms with Crippen LogP contribution in [0.5, 0.6) is 0 Å². The van der Waals surface area contributed by atoms with E-state index in [1.165, 1.54) is 23.2 Å². The summed E-state index contributed by atoms with van der Waals surface area (Å²) in [6, 6.07) is 9.66. The van der Waals surface area contributed by atoms with Crippen molar-refractivity contribution in [1.29, 1.82) is 0 Å². The van der Waals surface area contributed by atoms with Gasteiger partial charge in [0.2, 0.25) is 15.7 Å². The fraction of sp³-hybridized carbons (Fsp3) is 0.227. The Labute approximate surface area is 193 Å². The van der Waals surface area contributed by atoms with Gasteiger partial charge in [0.15, 0.2) is 5.13 Å². The maximum atomic E-state index is 12.6. The molecule has 0 saturated heterocycles. The van der Waals surface area contributed by atoms with Gasteiger partial charge in [-0.2, -0.15) is 8.78 Å². The molecule has 3 aromatic rings. The van der Waals surface area contributed by atoms with Gasteiger partial charge in [0.1, 0.15) is 6.61 Å². The summed E-state index contributed by atoms with van der Waals surface area (Å²) in [6.45, 7) is 5.10. The Kier molecular flexibility index (Phi) is 7.23. The standard InChI is InChI=1S/C22H20F2N2O5S2/c1-13-5-4-6-19(14(13)2)26(15(3)27)22-25-17(12-32-22)11-31-20(28)16-7-9-18(10-8-16)33(29,30)21(23)24/h4-10,12,21H,11H2,1-3H3. The summed E-state index contributed by atoms with van der Waals surface area (Å²) in [5.74, 6) is -4.55. The van der Waals surface area contributed by atoms with Crippen molar-refractivity contribution >= 4 is 43.9 Å². The number of ether oxygens (including phenoxy) is 1. The van der Waals surface area contributed by atoms with Crippen molar-refractivity contribution in [2.75, 3.05) is 4.90 Å². The van der Waals surface area contributed by atoms with E-state index in [2.05, 4.69) is 4.98 Å². The number of carbonyl (C=O) groups is 2. The molecule has 7 nitrogen and oxygen atoms in total. The van der Waals surface area contributed by atoms with Gasteiger partial charge < -0.3 is 4.74 Å². The Balaban J connectivity index is 1.72. The molecule has 2 aromatic carbocycles. The van der Waals surface area contributed by atoms with Gasteiger partial charge in [0.25, 0.3) is 0 Å². The minimum absolute atomic E-state index is 0.000539. The number of amides is 1. The number of aryl methyl sites for hydroxylation is 1. The lowest BCUT2D eigenvalue weighted by atomic mass is 10.1. The van der Waals surface area contributed by atoms with E-state index in [4.69, 9.17) is 4.74 Å². The van der Waals surface area contributed by atoms with Crippen molar-refractivity contribution in [2.24, 2.45) is 0 Å². The van der Waals surface area contributed by atoms with E-state index in [-0.39, 0.29) is 18.1 Å². The largest absolute Gasteiger partial charge is 0.456 e. The number of hydrogen-bond donors (Lipinski definition) is 0. The number of aromatic nitrogens is 1. The van der Waals surface area contributed by atoms with Crippen molar-refractivity contribution in [3.05, 3.63) is 70.2 Å².